The first kappa shape index (κ1) is 16.5. The predicted molar refractivity (Wildman–Crippen MR) is 85.9 cm³/mol. The third kappa shape index (κ3) is 5.13. The van der Waals surface area contributed by atoms with Gasteiger partial charge in [-0.05, 0) is 37.5 Å². The van der Waals surface area contributed by atoms with E-state index in [1.165, 1.54) is 11.3 Å². The highest BCUT2D eigenvalue weighted by atomic mass is 79.9. The zero-order chi connectivity index (χ0) is 14.3. The first-order valence-corrected chi connectivity index (χ1v) is 7.69. The van der Waals surface area contributed by atoms with E-state index in [0.29, 0.717) is 0 Å². The second kappa shape index (κ2) is 8.56. The number of nitrogens with two attached hydrogens (primary N) is 1. The monoisotopic (exact) mass is 328 g/mol. The average Bonchev–Trinajstić information content (AvgIpc) is 2.42. The summed E-state index contributed by atoms with van der Waals surface area (Å²) in [5.41, 5.74) is 8.68. The van der Waals surface area contributed by atoms with Crippen molar-refractivity contribution < 1.29 is 4.74 Å². The molecular weight excluding hydrogens is 304 g/mol. The Hall–Kier alpha value is -0.580. The minimum absolute atomic E-state index is 0.223. The summed E-state index contributed by atoms with van der Waals surface area (Å²) in [6.07, 6.45) is 1.92. The molecule has 108 valence electrons. The molecule has 0 aliphatic heterocycles. The largest absolute Gasteiger partial charge is 0.383 e. The van der Waals surface area contributed by atoms with Crippen LogP contribution in [0, 0.1) is 0 Å². The van der Waals surface area contributed by atoms with Crippen LogP contribution in [0.1, 0.15) is 25.8 Å². The van der Waals surface area contributed by atoms with Crippen LogP contribution in [-0.2, 0) is 11.2 Å². The van der Waals surface area contributed by atoms with E-state index in [0.717, 1.165) is 37.0 Å². The summed E-state index contributed by atoms with van der Waals surface area (Å²) in [6.45, 7) is 6.90. The lowest BCUT2D eigenvalue weighted by molar-refractivity contribution is 0.205. The van der Waals surface area contributed by atoms with Gasteiger partial charge in [0.15, 0.2) is 0 Å². The zero-order valence-electron chi connectivity index (χ0n) is 12.2. The maximum atomic E-state index is 6.10. The van der Waals surface area contributed by atoms with Crippen molar-refractivity contribution in [2.45, 2.75) is 32.7 Å². The van der Waals surface area contributed by atoms with E-state index in [2.05, 4.69) is 52.9 Å². The maximum absolute atomic E-state index is 6.10. The molecule has 0 saturated carbocycles. The highest BCUT2D eigenvalue weighted by Gasteiger charge is 2.12. The molecule has 0 aliphatic carbocycles. The predicted octanol–water partition coefficient (Wildman–Crippen LogP) is 3.20. The van der Waals surface area contributed by atoms with Crippen LogP contribution in [0.5, 0.6) is 0 Å². The van der Waals surface area contributed by atoms with E-state index >= 15 is 0 Å². The van der Waals surface area contributed by atoms with Crippen LogP contribution in [0.25, 0.3) is 0 Å². The van der Waals surface area contributed by atoms with E-state index in [-0.39, 0.29) is 6.04 Å². The summed E-state index contributed by atoms with van der Waals surface area (Å²) in [6, 6.07) is 6.66. The van der Waals surface area contributed by atoms with Gasteiger partial charge in [0.1, 0.15) is 0 Å². The number of rotatable bonds is 8. The fraction of sp³-hybridized carbons (Fsp3) is 0.600. The number of hydrogen-bond acceptors (Lipinski definition) is 3. The normalized spacial score (nSPS) is 12.5. The molecule has 0 fully saturated rings. The molecule has 19 heavy (non-hydrogen) atoms. The molecule has 1 rings (SSSR count). The number of likely N-dealkylation sites (N-methyl/N-ethyl adjacent to an activating group) is 1. The molecule has 0 aromatic heterocycles. The summed E-state index contributed by atoms with van der Waals surface area (Å²) in [5.74, 6) is 0. The topological polar surface area (TPSA) is 38.5 Å². The Balaban J connectivity index is 2.96. The van der Waals surface area contributed by atoms with Crippen molar-refractivity contribution in [3.63, 3.8) is 0 Å². The smallest absolute Gasteiger partial charge is 0.0637 e. The third-order valence-corrected chi connectivity index (χ3v) is 3.83. The highest BCUT2D eigenvalue weighted by Crippen LogP contribution is 2.26. The Morgan fingerprint density at radius 2 is 2.11 bits per heavy atom. The van der Waals surface area contributed by atoms with Crippen LogP contribution in [0.4, 0.5) is 5.69 Å². The fourth-order valence-electron chi connectivity index (χ4n) is 2.08. The van der Waals surface area contributed by atoms with Gasteiger partial charge in [-0.2, -0.15) is 0 Å². The summed E-state index contributed by atoms with van der Waals surface area (Å²) < 4.78 is 6.29. The van der Waals surface area contributed by atoms with Crippen LogP contribution in [0.3, 0.4) is 0 Å². The molecule has 0 spiro atoms. The molecule has 1 unspecified atom stereocenters. The molecule has 2 N–H and O–H groups in total. The van der Waals surface area contributed by atoms with Gasteiger partial charge in [-0.25, -0.2) is 0 Å². The van der Waals surface area contributed by atoms with Crippen molar-refractivity contribution in [1.29, 1.82) is 0 Å². The number of benzene rings is 1. The molecule has 1 aromatic rings. The van der Waals surface area contributed by atoms with E-state index < -0.39 is 0 Å². The molecule has 0 radical (unpaired) electrons. The van der Waals surface area contributed by atoms with E-state index in [1.807, 2.05) is 0 Å². The van der Waals surface area contributed by atoms with Crippen molar-refractivity contribution in [1.82, 2.24) is 0 Å². The number of hydrogen-bond donors (Lipinski definition) is 1. The minimum Gasteiger partial charge on any atom is -0.383 e. The number of ether oxygens (including phenoxy) is 1. The van der Waals surface area contributed by atoms with Gasteiger partial charge in [-0.1, -0.05) is 28.9 Å². The summed E-state index contributed by atoms with van der Waals surface area (Å²) in [4.78, 5) is 2.34. The van der Waals surface area contributed by atoms with Gasteiger partial charge < -0.3 is 15.4 Å². The zero-order valence-corrected chi connectivity index (χ0v) is 13.7. The van der Waals surface area contributed by atoms with Crippen molar-refractivity contribution in [3.8, 4) is 0 Å². The Labute approximate surface area is 125 Å². The van der Waals surface area contributed by atoms with Gasteiger partial charge in [-0.3, -0.25) is 0 Å². The van der Waals surface area contributed by atoms with E-state index in [4.69, 9.17) is 10.5 Å². The number of methoxy groups -OCH3 is 1. The molecule has 4 heteroatoms. The molecule has 0 bridgehead atoms. The van der Waals surface area contributed by atoms with Gasteiger partial charge >= 0.3 is 0 Å². The number of halogens is 1. The van der Waals surface area contributed by atoms with Crippen LogP contribution in [0.15, 0.2) is 22.7 Å². The van der Waals surface area contributed by atoms with E-state index in [1.54, 1.807) is 7.11 Å². The quantitative estimate of drug-likeness (QED) is 0.796. The Morgan fingerprint density at radius 3 is 2.68 bits per heavy atom. The number of anilines is 1. The van der Waals surface area contributed by atoms with Crippen LogP contribution in [-0.4, -0.2) is 32.8 Å². The fourth-order valence-corrected chi connectivity index (χ4v) is 2.43. The van der Waals surface area contributed by atoms with Crippen molar-refractivity contribution in [2.24, 2.45) is 5.73 Å². The van der Waals surface area contributed by atoms with Crippen molar-refractivity contribution >= 4 is 21.6 Å². The first-order chi connectivity index (χ1) is 9.12. The van der Waals surface area contributed by atoms with Crippen LogP contribution in [0.2, 0.25) is 0 Å². The minimum atomic E-state index is 0.223. The lowest BCUT2D eigenvalue weighted by atomic mass is 10.0. The SMILES string of the molecule is CCC(N)Cc1ccc(Br)cc1N(CC)CCOC. The van der Waals surface area contributed by atoms with Gasteiger partial charge in [0.25, 0.3) is 0 Å². The van der Waals surface area contributed by atoms with Crippen molar-refractivity contribution in [2.75, 3.05) is 31.7 Å². The summed E-state index contributed by atoms with van der Waals surface area (Å²) in [5, 5.41) is 0. The molecule has 3 nitrogen and oxygen atoms in total. The lowest BCUT2D eigenvalue weighted by Gasteiger charge is -2.26. The number of nitrogens with zero attached hydrogens (tertiary/aromatic N) is 1. The van der Waals surface area contributed by atoms with E-state index in [9.17, 15) is 0 Å². The summed E-state index contributed by atoms with van der Waals surface area (Å²) in [7, 11) is 1.74. The lowest BCUT2D eigenvalue weighted by Crippen LogP contribution is -2.29. The molecular formula is C15H25BrN2O. The van der Waals surface area contributed by atoms with Gasteiger partial charge in [0, 0.05) is 36.4 Å². The second-order valence-corrected chi connectivity index (χ2v) is 5.63. The molecule has 0 saturated heterocycles. The molecule has 0 aliphatic rings. The molecule has 0 amide bonds. The summed E-state index contributed by atoms with van der Waals surface area (Å²) >= 11 is 3.56. The second-order valence-electron chi connectivity index (χ2n) is 4.72. The highest BCUT2D eigenvalue weighted by molar-refractivity contribution is 9.10. The Bertz CT molecular complexity index is 384. The third-order valence-electron chi connectivity index (χ3n) is 3.34. The van der Waals surface area contributed by atoms with Gasteiger partial charge in [-0.15, -0.1) is 0 Å². The molecule has 0 heterocycles. The van der Waals surface area contributed by atoms with Crippen molar-refractivity contribution in [3.05, 3.63) is 28.2 Å². The van der Waals surface area contributed by atoms with Crippen LogP contribution < -0.4 is 10.6 Å². The Morgan fingerprint density at radius 1 is 1.37 bits per heavy atom. The molecule has 1 atom stereocenters. The van der Waals surface area contributed by atoms with Crippen LogP contribution >= 0.6 is 15.9 Å². The maximum Gasteiger partial charge on any atom is 0.0637 e. The average molecular weight is 329 g/mol. The molecule has 1 aromatic carbocycles. The standard InChI is InChI=1S/C15H25BrN2O/c1-4-14(17)10-12-6-7-13(16)11-15(12)18(5-2)8-9-19-3/h6-7,11,14H,4-5,8-10,17H2,1-3H3. The first-order valence-electron chi connectivity index (χ1n) is 6.90. The van der Waals surface area contributed by atoms with Gasteiger partial charge in [0.05, 0.1) is 6.61 Å². The Kier molecular flexibility index (Phi) is 7.42. The van der Waals surface area contributed by atoms with Gasteiger partial charge in [0.2, 0.25) is 0 Å².